The molecule has 3 heterocycles. The number of rotatable bonds is 3. The van der Waals surface area contributed by atoms with Crippen molar-refractivity contribution in [2.75, 3.05) is 44.7 Å². The molecule has 4 aliphatic rings. The van der Waals surface area contributed by atoms with Crippen LogP contribution in [0.2, 0.25) is 0 Å². The number of fused-ring (bicyclic) bond motifs is 2. The molecule has 2 atom stereocenters. The lowest BCUT2D eigenvalue weighted by molar-refractivity contribution is 0.0640. The molecule has 0 radical (unpaired) electrons. The van der Waals surface area contributed by atoms with E-state index < -0.39 is 0 Å². The van der Waals surface area contributed by atoms with E-state index in [9.17, 15) is 0 Å². The van der Waals surface area contributed by atoms with E-state index in [1.165, 1.54) is 76.9 Å². The van der Waals surface area contributed by atoms with Gasteiger partial charge in [0.05, 0.1) is 0 Å². The molecular weight excluding hydrogens is 354 g/mol. The Kier molecular flexibility index (Phi) is 5.41. The zero-order valence-corrected chi connectivity index (χ0v) is 18.9. The van der Waals surface area contributed by atoms with Gasteiger partial charge in [0.2, 0.25) is 0 Å². The maximum absolute atomic E-state index is 2.89. The van der Waals surface area contributed by atoms with Crippen molar-refractivity contribution in [3.05, 3.63) is 30.3 Å². The third-order valence-corrected chi connectivity index (χ3v) is 9.20. The van der Waals surface area contributed by atoms with Crippen LogP contribution in [0.25, 0.3) is 0 Å². The van der Waals surface area contributed by atoms with E-state index in [2.05, 4.69) is 65.9 Å². The Morgan fingerprint density at radius 3 is 2.24 bits per heavy atom. The lowest BCUT2D eigenvalue weighted by Crippen LogP contribution is -2.58. The molecule has 29 heavy (non-hydrogen) atoms. The minimum Gasteiger partial charge on any atom is -0.365 e. The van der Waals surface area contributed by atoms with Gasteiger partial charge in [-0.25, -0.2) is 0 Å². The Balaban J connectivity index is 1.30. The summed E-state index contributed by atoms with van der Waals surface area (Å²) in [6, 6.07) is 12.2. The summed E-state index contributed by atoms with van der Waals surface area (Å²) >= 11 is 0. The topological polar surface area (TPSA) is 9.72 Å². The summed E-state index contributed by atoms with van der Waals surface area (Å²) in [7, 11) is 2.33. The first kappa shape index (κ1) is 19.9. The highest BCUT2D eigenvalue weighted by Gasteiger charge is 2.57. The fraction of sp³-hybridized carbons (Fsp3) is 0.769. The summed E-state index contributed by atoms with van der Waals surface area (Å²) in [6.07, 6.45) is 8.51. The molecule has 4 fully saturated rings. The molecule has 1 aromatic carbocycles. The Hall–Kier alpha value is -1.06. The molecule has 0 N–H and O–H groups in total. The van der Waals surface area contributed by atoms with E-state index in [0.29, 0.717) is 5.54 Å². The zero-order chi connectivity index (χ0) is 20.0. The largest absolute Gasteiger partial charge is 0.365 e. The Labute approximate surface area is 178 Å². The van der Waals surface area contributed by atoms with Crippen LogP contribution in [0.15, 0.2) is 30.3 Å². The van der Waals surface area contributed by atoms with Crippen molar-refractivity contribution in [1.29, 1.82) is 0 Å². The number of para-hydroxylation sites is 1. The molecule has 0 aromatic heterocycles. The van der Waals surface area contributed by atoms with Gasteiger partial charge in [-0.05, 0) is 75.5 Å². The van der Waals surface area contributed by atoms with Gasteiger partial charge in [0, 0.05) is 55.9 Å². The summed E-state index contributed by atoms with van der Waals surface area (Å²) in [4.78, 5) is 8.33. The standard InChI is InChI=1S/C26H41N3/c1-20(2)21-9-11-23(12-10-21)28-15-13-26(14-16-28)25-19-27(3)17-22(25)18-29(26)24-7-5-4-6-8-24/h4-8,20-23,25H,9-19H2,1-3H3/t21?,22-,23?,25-/m1/s1. The van der Waals surface area contributed by atoms with E-state index in [1.54, 1.807) is 0 Å². The maximum atomic E-state index is 2.89. The van der Waals surface area contributed by atoms with Crippen LogP contribution < -0.4 is 4.90 Å². The van der Waals surface area contributed by atoms with Crippen LogP contribution in [0.1, 0.15) is 52.4 Å². The molecule has 3 saturated heterocycles. The van der Waals surface area contributed by atoms with Crippen molar-refractivity contribution in [2.24, 2.45) is 23.7 Å². The number of piperidine rings is 1. The van der Waals surface area contributed by atoms with E-state index in [-0.39, 0.29) is 0 Å². The fourth-order valence-electron chi connectivity index (χ4n) is 7.52. The van der Waals surface area contributed by atoms with Crippen LogP contribution >= 0.6 is 0 Å². The van der Waals surface area contributed by atoms with E-state index in [4.69, 9.17) is 0 Å². The second kappa shape index (κ2) is 7.89. The minimum atomic E-state index is 0.391. The van der Waals surface area contributed by atoms with Gasteiger partial charge in [0.1, 0.15) is 0 Å². The third-order valence-electron chi connectivity index (χ3n) is 9.20. The second-order valence-electron chi connectivity index (χ2n) is 11.0. The normalized spacial score (nSPS) is 35.5. The molecule has 0 bridgehead atoms. The molecule has 0 amide bonds. The first-order chi connectivity index (χ1) is 14.1. The second-order valence-corrected chi connectivity index (χ2v) is 11.0. The number of hydrogen-bond acceptors (Lipinski definition) is 3. The van der Waals surface area contributed by atoms with Crippen molar-refractivity contribution < 1.29 is 0 Å². The highest BCUT2D eigenvalue weighted by Crippen LogP contribution is 2.51. The average Bonchev–Trinajstić information content (AvgIpc) is 3.25. The number of hydrogen-bond donors (Lipinski definition) is 0. The van der Waals surface area contributed by atoms with Gasteiger partial charge in [0.25, 0.3) is 0 Å². The highest BCUT2D eigenvalue weighted by atomic mass is 15.3. The van der Waals surface area contributed by atoms with Gasteiger partial charge in [-0.2, -0.15) is 0 Å². The van der Waals surface area contributed by atoms with Gasteiger partial charge >= 0.3 is 0 Å². The lowest BCUT2D eigenvalue weighted by atomic mass is 9.73. The SMILES string of the molecule is CC(C)C1CCC(N2CCC3(CC2)[C@@H]2CN(C)C[C@@H]2CN3c2ccccc2)CC1. The van der Waals surface area contributed by atoms with E-state index in [0.717, 1.165) is 29.7 Å². The van der Waals surface area contributed by atoms with Crippen LogP contribution in [0.5, 0.6) is 0 Å². The molecule has 1 saturated carbocycles. The predicted octanol–water partition coefficient (Wildman–Crippen LogP) is 4.73. The molecular formula is C26H41N3. The molecule has 3 aliphatic heterocycles. The van der Waals surface area contributed by atoms with E-state index >= 15 is 0 Å². The van der Waals surface area contributed by atoms with Gasteiger partial charge in [-0.3, -0.25) is 0 Å². The van der Waals surface area contributed by atoms with Crippen LogP contribution in [0.3, 0.4) is 0 Å². The molecule has 1 aromatic rings. The summed E-state index contributed by atoms with van der Waals surface area (Å²) in [5, 5.41) is 0. The Morgan fingerprint density at radius 1 is 0.897 bits per heavy atom. The van der Waals surface area contributed by atoms with Gasteiger partial charge in [-0.1, -0.05) is 32.0 Å². The average molecular weight is 396 g/mol. The molecule has 5 rings (SSSR count). The van der Waals surface area contributed by atoms with Crippen molar-refractivity contribution in [1.82, 2.24) is 9.80 Å². The van der Waals surface area contributed by atoms with Crippen molar-refractivity contribution in [2.45, 2.75) is 64.0 Å². The van der Waals surface area contributed by atoms with Crippen molar-refractivity contribution in [3.8, 4) is 0 Å². The molecule has 3 heteroatoms. The van der Waals surface area contributed by atoms with Crippen LogP contribution in [-0.4, -0.2) is 61.2 Å². The first-order valence-electron chi connectivity index (χ1n) is 12.3. The molecule has 1 aliphatic carbocycles. The molecule has 0 unspecified atom stereocenters. The smallest absolute Gasteiger partial charge is 0.0470 e. The summed E-state index contributed by atoms with van der Waals surface area (Å²) in [5.74, 6) is 3.55. The number of likely N-dealkylation sites (tertiary alicyclic amines) is 2. The highest BCUT2D eigenvalue weighted by molar-refractivity contribution is 5.52. The number of benzene rings is 1. The quantitative estimate of drug-likeness (QED) is 0.732. The molecule has 3 nitrogen and oxygen atoms in total. The Bertz CT molecular complexity index is 670. The minimum absolute atomic E-state index is 0.391. The van der Waals surface area contributed by atoms with Crippen LogP contribution in [0, 0.1) is 23.7 Å². The zero-order valence-electron chi connectivity index (χ0n) is 18.9. The predicted molar refractivity (Wildman–Crippen MR) is 122 cm³/mol. The monoisotopic (exact) mass is 395 g/mol. The van der Waals surface area contributed by atoms with Gasteiger partial charge in [-0.15, -0.1) is 0 Å². The van der Waals surface area contributed by atoms with Gasteiger partial charge < -0.3 is 14.7 Å². The van der Waals surface area contributed by atoms with Crippen LogP contribution in [-0.2, 0) is 0 Å². The summed E-state index contributed by atoms with van der Waals surface area (Å²) < 4.78 is 0. The fourth-order valence-corrected chi connectivity index (χ4v) is 7.52. The lowest BCUT2D eigenvalue weighted by Gasteiger charge is -2.51. The Morgan fingerprint density at radius 2 is 1.59 bits per heavy atom. The maximum Gasteiger partial charge on any atom is 0.0470 e. The number of nitrogens with zero attached hydrogens (tertiary/aromatic N) is 3. The molecule has 160 valence electrons. The third kappa shape index (κ3) is 3.53. The van der Waals surface area contributed by atoms with E-state index in [1.807, 2.05) is 0 Å². The first-order valence-corrected chi connectivity index (χ1v) is 12.3. The summed E-state index contributed by atoms with van der Waals surface area (Å²) in [6.45, 7) is 11.3. The number of anilines is 1. The van der Waals surface area contributed by atoms with Crippen molar-refractivity contribution >= 4 is 5.69 Å². The summed E-state index contributed by atoms with van der Waals surface area (Å²) in [5.41, 5.74) is 1.86. The van der Waals surface area contributed by atoms with Crippen molar-refractivity contribution in [3.63, 3.8) is 0 Å². The van der Waals surface area contributed by atoms with Gasteiger partial charge in [0.15, 0.2) is 0 Å². The van der Waals surface area contributed by atoms with Crippen LogP contribution in [0.4, 0.5) is 5.69 Å². The molecule has 1 spiro atoms.